The molecule has 2 aliphatic carbocycles. The summed E-state index contributed by atoms with van der Waals surface area (Å²) in [6, 6.07) is 14.1. The van der Waals surface area contributed by atoms with Crippen molar-refractivity contribution in [1.82, 2.24) is 20.2 Å². The number of nitrogens with zero attached hydrogens (tertiary/aromatic N) is 2. The van der Waals surface area contributed by atoms with Gasteiger partial charge in [-0.3, -0.25) is 14.6 Å². The molecule has 2 saturated heterocycles. The van der Waals surface area contributed by atoms with Crippen LogP contribution in [0.25, 0.3) is 17.2 Å². The predicted molar refractivity (Wildman–Crippen MR) is 183 cm³/mol. The van der Waals surface area contributed by atoms with E-state index in [0.717, 1.165) is 85.3 Å². The highest BCUT2D eigenvalue weighted by Crippen LogP contribution is 2.39. The Morgan fingerprint density at radius 1 is 1.06 bits per heavy atom. The molecule has 2 aliphatic heterocycles. The quantitative estimate of drug-likeness (QED) is 0.304. The Kier molecular flexibility index (Phi) is 8.41. The molecule has 2 aromatic heterocycles. The molecule has 4 heterocycles. The topological polar surface area (TPSA) is 104 Å². The maximum Gasteiger partial charge on any atom is 0.407 e. The molecule has 1 amide bonds. The number of pyridine rings is 2. The number of amides is 1. The first kappa shape index (κ1) is 31.6. The first-order valence-corrected chi connectivity index (χ1v) is 17.3. The minimum absolute atomic E-state index is 0.0623. The van der Waals surface area contributed by atoms with Gasteiger partial charge in [0.15, 0.2) is 5.78 Å². The maximum absolute atomic E-state index is 14.0. The van der Waals surface area contributed by atoms with E-state index in [2.05, 4.69) is 72.4 Å². The van der Waals surface area contributed by atoms with Crippen LogP contribution >= 0.6 is 0 Å². The number of carbonyl (C=O) groups is 2. The number of carbonyl (C=O) groups excluding carboxylic acids is 2. The largest absolute Gasteiger partial charge is 0.441 e. The second-order valence-electron chi connectivity index (χ2n) is 15.2. The van der Waals surface area contributed by atoms with E-state index in [0.29, 0.717) is 25.3 Å². The van der Waals surface area contributed by atoms with Crippen LogP contribution < -0.4 is 10.9 Å². The molecule has 3 aromatic rings. The molecule has 246 valence electrons. The van der Waals surface area contributed by atoms with Crippen molar-refractivity contribution in [3.63, 3.8) is 0 Å². The number of ether oxygens (including phenoxy) is 1. The van der Waals surface area contributed by atoms with Crippen molar-refractivity contribution in [1.29, 1.82) is 0 Å². The molecule has 8 nitrogen and oxygen atoms in total. The number of H-pyrrole nitrogens is 1. The minimum atomic E-state index is -0.370. The van der Waals surface area contributed by atoms with Gasteiger partial charge >= 0.3 is 6.09 Å². The summed E-state index contributed by atoms with van der Waals surface area (Å²) in [6.07, 6.45) is 10.3. The number of hydrogen-bond donors (Lipinski definition) is 2. The standard InChI is InChI=1S/C39H46N4O4/c1-38(2,3)32-9-10-33-30(20-32)18-29-19-31(21-34(29)42-33)35(44)22-27(12-15-43-16-13-39(14-17-43)24-41-37(46)47-39)25-4-6-26(7-5-25)28-8-11-36(45)40-23-28/h4-8,11,18-19,23,27,32H,9-10,12-17,20-22,24H2,1-3H3,(H,40,45)(H,41,46)/t27-,32-/m0/s1. The number of rotatable bonds is 8. The zero-order chi connectivity index (χ0) is 32.8. The average molecular weight is 635 g/mol. The second kappa shape index (κ2) is 12.5. The smallest absolute Gasteiger partial charge is 0.407 e. The van der Waals surface area contributed by atoms with Gasteiger partial charge in [-0.2, -0.15) is 0 Å². The fraction of sp³-hybridized carbons (Fsp3) is 0.487. The van der Waals surface area contributed by atoms with E-state index in [4.69, 9.17) is 9.72 Å². The van der Waals surface area contributed by atoms with Crippen LogP contribution in [-0.4, -0.2) is 58.5 Å². The average Bonchev–Trinajstić information content (AvgIpc) is 3.65. The second-order valence-corrected chi connectivity index (χ2v) is 15.2. The van der Waals surface area contributed by atoms with Crippen molar-refractivity contribution in [3.05, 3.63) is 92.7 Å². The Bertz CT molecular complexity index is 1740. The molecule has 8 heteroatoms. The van der Waals surface area contributed by atoms with Gasteiger partial charge in [0.05, 0.1) is 12.2 Å². The van der Waals surface area contributed by atoms with E-state index in [1.807, 2.05) is 6.07 Å². The van der Waals surface area contributed by atoms with Crippen LogP contribution in [0.3, 0.4) is 0 Å². The molecule has 0 bridgehead atoms. The Morgan fingerprint density at radius 3 is 2.51 bits per heavy atom. The van der Waals surface area contributed by atoms with Crippen molar-refractivity contribution in [2.75, 3.05) is 26.2 Å². The first-order valence-electron chi connectivity index (χ1n) is 17.3. The van der Waals surface area contributed by atoms with E-state index < -0.39 is 0 Å². The van der Waals surface area contributed by atoms with Gasteiger partial charge in [0.1, 0.15) is 5.60 Å². The van der Waals surface area contributed by atoms with E-state index in [-0.39, 0.29) is 34.4 Å². The summed E-state index contributed by atoms with van der Waals surface area (Å²) >= 11 is 0. The number of benzene rings is 1. The summed E-state index contributed by atoms with van der Waals surface area (Å²) in [6.45, 7) is 10.2. The molecule has 1 spiro atoms. The summed E-state index contributed by atoms with van der Waals surface area (Å²) in [5.41, 5.74) is 8.51. The summed E-state index contributed by atoms with van der Waals surface area (Å²) < 4.78 is 5.62. The van der Waals surface area contributed by atoms with Gasteiger partial charge in [-0.05, 0) is 95.5 Å². The number of alkyl carbamates (subject to hydrolysis) is 1. The molecule has 47 heavy (non-hydrogen) atoms. The number of nitrogens with one attached hydrogen (secondary N) is 2. The normalized spacial score (nSPS) is 21.0. The highest BCUT2D eigenvalue weighted by molar-refractivity contribution is 6.02. The fourth-order valence-electron chi connectivity index (χ4n) is 7.91. The van der Waals surface area contributed by atoms with Crippen LogP contribution in [0.1, 0.15) is 86.9 Å². The SMILES string of the molecule is CC(C)(C)[C@H]1CCc2nc3c(cc2C1)C=C(C(=O)C[C@H](CCN1CCC2(CC1)CNC(=O)O2)c1ccc(-c2ccc(=O)[nH]c2)cc1)C3. The third kappa shape index (κ3) is 6.84. The molecule has 1 aromatic carbocycles. The lowest BCUT2D eigenvalue weighted by molar-refractivity contribution is -0.116. The van der Waals surface area contributed by atoms with Crippen LogP contribution in [0.5, 0.6) is 0 Å². The number of aromatic nitrogens is 2. The summed E-state index contributed by atoms with van der Waals surface area (Å²) in [4.78, 5) is 47.5. The van der Waals surface area contributed by atoms with E-state index >= 15 is 0 Å². The van der Waals surface area contributed by atoms with Crippen molar-refractivity contribution < 1.29 is 14.3 Å². The molecule has 2 atom stereocenters. The molecular formula is C39H46N4O4. The van der Waals surface area contributed by atoms with Crippen LogP contribution in [-0.2, 0) is 28.8 Å². The lowest BCUT2D eigenvalue weighted by atomic mass is 9.71. The van der Waals surface area contributed by atoms with Crippen LogP contribution in [0.15, 0.2) is 59.0 Å². The summed E-state index contributed by atoms with van der Waals surface area (Å²) in [7, 11) is 0. The molecule has 0 unspecified atom stereocenters. The Balaban J connectivity index is 1.06. The molecule has 2 N–H and O–H groups in total. The maximum atomic E-state index is 14.0. The lowest BCUT2D eigenvalue weighted by Crippen LogP contribution is -2.46. The van der Waals surface area contributed by atoms with Crippen molar-refractivity contribution in [2.45, 2.75) is 83.7 Å². The Morgan fingerprint density at radius 2 is 1.83 bits per heavy atom. The number of fused-ring (bicyclic) bond motifs is 2. The molecule has 2 fully saturated rings. The number of likely N-dealkylation sites (tertiary alicyclic amines) is 1. The van der Waals surface area contributed by atoms with Crippen molar-refractivity contribution >= 4 is 18.0 Å². The monoisotopic (exact) mass is 634 g/mol. The molecule has 0 saturated carbocycles. The van der Waals surface area contributed by atoms with Gasteiger partial charge in [0, 0.05) is 62.3 Å². The fourth-order valence-corrected chi connectivity index (χ4v) is 7.91. The number of aromatic amines is 1. The van der Waals surface area contributed by atoms with Gasteiger partial charge in [-0.25, -0.2) is 4.79 Å². The summed E-state index contributed by atoms with van der Waals surface area (Å²) in [5.74, 6) is 0.907. The van der Waals surface area contributed by atoms with Crippen LogP contribution in [0, 0.1) is 11.3 Å². The number of allylic oxidation sites excluding steroid dienone is 1. The highest BCUT2D eigenvalue weighted by Gasteiger charge is 2.42. The Labute approximate surface area is 277 Å². The molecule has 0 radical (unpaired) electrons. The first-order chi connectivity index (χ1) is 22.5. The number of hydrogen-bond acceptors (Lipinski definition) is 6. The van der Waals surface area contributed by atoms with Crippen LogP contribution in [0.2, 0.25) is 0 Å². The van der Waals surface area contributed by atoms with Gasteiger partial charge in [-0.15, -0.1) is 0 Å². The number of Topliss-reactive ketones (excluding diaryl/α,β-unsaturated/α-hetero) is 1. The van der Waals surface area contributed by atoms with Crippen molar-refractivity contribution in [2.24, 2.45) is 11.3 Å². The minimum Gasteiger partial charge on any atom is -0.441 e. The Hall–Kier alpha value is -4.04. The third-order valence-corrected chi connectivity index (χ3v) is 11.1. The predicted octanol–water partition coefficient (Wildman–Crippen LogP) is 6.23. The van der Waals surface area contributed by atoms with Gasteiger partial charge in [0.25, 0.3) is 0 Å². The van der Waals surface area contributed by atoms with Crippen LogP contribution in [0.4, 0.5) is 4.79 Å². The number of aryl methyl sites for hydroxylation is 1. The molecule has 4 aliphatic rings. The van der Waals surface area contributed by atoms with Crippen molar-refractivity contribution in [3.8, 4) is 11.1 Å². The summed E-state index contributed by atoms with van der Waals surface area (Å²) in [5, 5.41) is 2.82. The van der Waals surface area contributed by atoms with E-state index in [9.17, 15) is 14.4 Å². The van der Waals surface area contributed by atoms with E-state index in [1.165, 1.54) is 23.7 Å². The van der Waals surface area contributed by atoms with Gasteiger partial charge in [0.2, 0.25) is 5.56 Å². The highest BCUT2D eigenvalue weighted by atomic mass is 16.6. The van der Waals surface area contributed by atoms with Gasteiger partial charge < -0.3 is 19.9 Å². The lowest BCUT2D eigenvalue weighted by Gasteiger charge is -2.37. The molecular weight excluding hydrogens is 588 g/mol. The van der Waals surface area contributed by atoms with Gasteiger partial charge in [-0.1, -0.05) is 45.0 Å². The zero-order valence-corrected chi connectivity index (χ0v) is 27.9. The third-order valence-electron chi connectivity index (χ3n) is 11.1. The zero-order valence-electron chi connectivity index (χ0n) is 27.9. The molecule has 7 rings (SSSR count). The number of piperidine rings is 1. The van der Waals surface area contributed by atoms with E-state index in [1.54, 1.807) is 6.20 Å². The number of ketones is 1.